The molecular formula is C12H14O6. The van der Waals surface area contributed by atoms with Gasteiger partial charge in [-0.15, -0.1) is 0 Å². The summed E-state index contributed by atoms with van der Waals surface area (Å²) >= 11 is 0. The number of aliphatic hydroxyl groups excluding tert-OH is 2. The molecule has 1 rings (SSSR count). The van der Waals surface area contributed by atoms with Gasteiger partial charge >= 0.3 is 11.9 Å². The van der Waals surface area contributed by atoms with Crippen LogP contribution in [0.15, 0.2) is 18.2 Å². The van der Waals surface area contributed by atoms with Crippen LogP contribution >= 0.6 is 0 Å². The van der Waals surface area contributed by atoms with E-state index in [1.807, 2.05) is 0 Å². The Bertz CT molecular complexity index is 468. The molecule has 0 aliphatic carbocycles. The van der Waals surface area contributed by atoms with Gasteiger partial charge in [0.25, 0.3) is 0 Å². The number of aliphatic carboxylic acids is 1. The third-order valence-electron chi connectivity index (χ3n) is 2.67. The van der Waals surface area contributed by atoms with Crippen LogP contribution in [0, 0.1) is 6.92 Å². The Morgan fingerprint density at radius 1 is 1.22 bits per heavy atom. The van der Waals surface area contributed by atoms with Crippen LogP contribution in [0.4, 0.5) is 0 Å². The van der Waals surface area contributed by atoms with Crippen molar-refractivity contribution < 1.29 is 30.0 Å². The molecule has 0 aromatic heterocycles. The van der Waals surface area contributed by atoms with E-state index in [0.29, 0.717) is 5.56 Å². The number of benzene rings is 1. The molecule has 0 aliphatic rings. The summed E-state index contributed by atoms with van der Waals surface area (Å²) in [5.41, 5.74) is 0.527. The van der Waals surface area contributed by atoms with Gasteiger partial charge in [-0.25, -0.2) is 4.79 Å². The summed E-state index contributed by atoms with van der Waals surface area (Å²) in [6, 6.07) is 4.26. The molecule has 98 valence electrons. The van der Waals surface area contributed by atoms with Gasteiger partial charge in [-0.2, -0.15) is 0 Å². The summed E-state index contributed by atoms with van der Waals surface area (Å²) in [5.74, 6) is -2.39. The molecule has 0 spiro atoms. The van der Waals surface area contributed by atoms with Crippen LogP contribution in [-0.2, 0) is 4.79 Å². The molecule has 18 heavy (non-hydrogen) atoms. The van der Waals surface area contributed by atoms with Crippen LogP contribution in [0.1, 0.15) is 34.0 Å². The maximum Gasteiger partial charge on any atom is 0.335 e. The van der Waals surface area contributed by atoms with Crippen LogP contribution in [0.25, 0.3) is 0 Å². The highest BCUT2D eigenvalue weighted by Crippen LogP contribution is 2.24. The quantitative estimate of drug-likeness (QED) is 0.610. The molecule has 0 bridgehead atoms. The molecule has 0 aliphatic heterocycles. The van der Waals surface area contributed by atoms with E-state index in [4.69, 9.17) is 10.2 Å². The molecule has 1 aromatic carbocycles. The fourth-order valence-corrected chi connectivity index (χ4v) is 1.70. The van der Waals surface area contributed by atoms with Gasteiger partial charge in [-0.1, -0.05) is 12.1 Å². The molecule has 0 amide bonds. The topological polar surface area (TPSA) is 115 Å². The van der Waals surface area contributed by atoms with Gasteiger partial charge in [0.1, 0.15) is 6.10 Å². The van der Waals surface area contributed by atoms with Crippen molar-refractivity contribution in [2.24, 2.45) is 0 Å². The molecule has 4 N–H and O–H groups in total. The maximum absolute atomic E-state index is 10.9. The first kappa shape index (κ1) is 14.1. The first-order valence-electron chi connectivity index (χ1n) is 5.25. The molecule has 2 unspecified atom stereocenters. The van der Waals surface area contributed by atoms with E-state index in [0.717, 1.165) is 0 Å². The van der Waals surface area contributed by atoms with Gasteiger partial charge in [0.2, 0.25) is 0 Å². The van der Waals surface area contributed by atoms with Crippen LogP contribution in [-0.4, -0.2) is 38.5 Å². The number of aromatic carboxylic acids is 1. The molecule has 0 radical (unpaired) electrons. The van der Waals surface area contributed by atoms with E-state index >= 15 is 0 Å². The van der Waals surface area contributed by atoms with Gasteiger partial charge in [0.05, 0.1) is 18.1 Å². The average Bonchev–Trinajstić information content (AvgIpc) is 2.27. The molecule has 0 saturated carbocycles. The van der Waals surface area contributed by atoms with E-state index in [2.05, 4.69) is 0 Å². The van der Waals surface area contributed by atoms with E-state index in [-0.39, 0.29) is 11.1 Å². The van der Waals surface area contributed by atoms with E-state index in [1.165, 1.54) is 25.1 Å². The second-order valence-electron chi connectivity index (χ2n) is 3.94. The minimum atomic E-state index is -1.48. The largest absolute Gasteiger partial charge is 0.481 e. The minimum absolute atomic E-state index is 0.00840. The predicted molar refractivity (Wildman–Crippen MR) is 61.4 cm³/mol. The fraction of sp³-hybridized carbons (Fsp3) is 0.333. The fourth-order valence-electron chi connectivity index (χ4n) is 1.70. The highest BCUT2D eigenvalue weighted by atomic mass is 16.4. The average molecular weight is 254 g/mol. The summed E-state index contributed by atoms with van der Waals surface area (Å²) in [6.07, 6.45) is -3.52. The summed E-state index contributed by atoms with van der Waals surface area (Å²) < 4.78 is 0. The summed E-state index contributed by atoms with van der Waals surface area (Å²) in [4.78, 5) is 21.3. The van der Waals surface area contributed by atoms with E-state index in [1.54, 1.807) is 0 Å². The number of aliphatic hydroxyl groups is 2. The lowest BCUT2D eigenvalue weighted by Crippen LogP contribution is -2.23. The molecule has 0 fully saturated rings. The van der Waals surface area contributed by atoms with Crippen molar-refractivity contribution in [3.05, 3.63) is 34.9 Å². The Kier molecular flexibility index (Phi) is 4.41. The lowest BCUT2D eigenvalue weighted by atomic mass is 9.94. The van der Waals surface area contributed by atoms with Gasteiger partial charge in [0, 0.05) is 0 Å². The summed E-state index contributed by atoms with van der Waals surface area (Å²) in [6.45, 7) is 1.50. The summed E-state index contributed by atoms with van der Waals surface area (Å²) in [7, 11) is 0. The third-order valence-corrected chi connectivity index (χ3v) is 2.67. The Labute approximate surface area is 103 Å². The normalized spacial score (nSPS) is 13.9. The second-order valence-corrected chi connectivity index (χ2v) is 3.94. The standard InChI is InChI=1S/C12H14O6/c1-6-7(3-2-4-8(6)12(17)18)11(16)9(13)5-10(14)15/h2-4,9,11,13,16H,5H2,1H3,(H,14,15)(H,17,18). The van der Waals surface area contributed by atoms with Gasteiger partial charge in [-0.3, -0.25) is 4.79 Å². The van der Waals surface area contributed by atoms with Crippen molar-refractivity contribution in [3.8, 4) is 0 Å². The van der Waals surface area contributed by atoms with Crippen LogP contribution < -0.4 is 0 Å². The van der Waals surface area contributed by atoms with Gasteiger partial charge < -0.3 is 20.4 Å². The van der Waals surface area contributed by atoms with Crippen molar-refractivity contribution >= 4 is 11.9 Å². The number of hydrogen-bond donors (Lipinski definition) is 4. The van der Waals surface area contributed by atoms with Crippen molar-refractivity contribution in [2.45, 2.75) is 25.6 Å². The van der Waals surface area contributed by atoms with Crippen LogP contribution in [0.2, 0.25) is 0 Å². The minimum Gasteiger partial charge on any atom is -0.481 e. The molecule has 6 nitrogen and oxygen atoms in total. The molecule has 1 aromatic rings. The summed E-state index contributed by atoms with van der Waals surface area (Å²) in [5, 5.41) is 36.8. The first-order valence-corrected chi connectivity index (χ1v) is 5.25. The zero-order valence-electron chi connectivity index (χ0n) is 9.70. The van der Waals surface area contributed by atoms with Crippen molar-refractivity contribution in [2.75, 3.05) is 0 Å². The highest BCUT2D eigenvalue weighted by Gasteiger charge is 2.24. The van der Waals surface area contributed by atoms with E-state index in [9.17, 15) is 19.8 Å². The smallest absolute Gasteiger partial charge is 0.335 e. The molecule has 6 heteroatoms. The SMILES string of the molecule is Cc1c(C(=O)O)cccc1C(O)C(O)CC(=O)O. The van der Waals surface area contributed by atoms with Crippen molar-refractivity contribution in [1.82, 2.24) is 0 Å². The second kappa shape index (κ2) is 5.61. The van der Waals surface area contributed by atoms with E-state index < -0.39 is 30.6 Å². The van der Waals surface area contributed by atoms with Crippen molar-refractivity contribution in [3.63, 3.8) is 0 Å². The third kappa shape index (κ3) is 3.06. The Morgan fingerprint density at radius 3 is 2.33 bits per heavy atom. The predicted octanol–water partition coefficient (Wildman–Crippen LogP) is 0.562. The number of hydrogen-bond acceptors (Lipinski definition) is 4. The molecule has 0 saturated heterocycles. The number of rotatable bonds is 5. The Balaban J connectivity index is 3.06. The Morgan fingerprint density at radius 2 is 1.83 bits per heavy atom. The number of carbonyl (C=O) groups is 2. The zero-order chi connectivity index (χ0) is 13.9. The van der Waals surface area contributed by atoms with Crippen LogP contribution in [0.5, 0.6) is 0 Å². The zero-order valence-corrected chi connectivity index (χ0v) is 9.70. The van der Waals surface area contributed by atoms with Crippen LogP contribution in [0.3, 0.4) is 0 Å². The van der Waals surface area contributed by atoms with Gasteiger partial charge in [-0.05, 0) is 24.1 Å². The molecular weight excluding hydrogens is 240 g/mol. The lowest BCUT2D eigenvalue weighted by Gasteiger charge is -2.19. The highest BCUT2D eigenvalue weighted by molar-refractivity contribution is 5.89. The van der Waals surface area contributed by atoms with Crippen molar-refractivity contribution in [1.29, 1.82) is 0 Å². The molecule has 2 atom stereocenters. The molecule has 0 heterocycles. The first-order chi connectivity index (χ1) is 8.34. The Hall–Kier alpha value is -1.92. The monoisotopic (exact) mass is 254 g/mol. The lowest BCUT2D eigenvalue weighted by molar-refractivity contribution is -0.141. The number of carboxylic acids is 2. The maximum atomic E-state index is 10.9. The van der Waals surface area contributed by atoms with Gasteiger partial charge in [0.15, 0.2) is 0 Å². The number of carboxylic acid groups (broad SMARTS) is 2.